The fraction of sp³-hybridized carbons (Fsp3) is 0.316. The summed E-state index contributed by atoms with van der Waals surface area (Å²) in [6, 6.07) is 15.0. The topological polar surface area (TPSA) is 25.2 Å². The molecule has 4 heteroatoms. The Hall–Kier alpha value is -1.94. The van der Waals surface area contributed by atoms with Crippen LogP contribution in [0.15, 0.2) is 42.5 Å². The number of para-hydroxylation sites is 1. The van der Waals surface area contributed by atoms with Crippen molar-refractivity contribution in [2.24, 2.45) is 0 Å². The van der Waals surface area contributed by atoms with Gasteiger partial charge in [0.2, 0.25) is 5.91 Å². The molecule has 0 spiro atoms. The Morgan fingerprint density at radius 3 is 2.61 bits per heavy atom. The molecule has 0 saturated heterocycles. The second-order valence-electron chi connectivity index (χ2n) is 5.84. The summed E-state index contributed by atoms with van der Waals surface area (Å²) in [6.45, 7) is 3.75. The van der Waals surface area contributed by atoms with Crippen LogP contribution in [0.25, 0.3) is 21.8 Å². The molecular formula is C19H22N2OS. The lowest BCUT2D eigenvalue weighted by Crippen LogP contribution is -2.26. The van der Waals surface area contributed by atoms with Gasteiger partial charge >= 0.3 is 0 Å². The fourth-order valence-corrected chi connectivity index (χ4v) is 3.38. The van der Waals surface area contributed by atoms with E-state index in [1.807, 2.05) is 7.05 Å². The smallest absolute Gasteiger partial charge is 0.223 e. The number of benzene rings is 2. The van der Waals surface area contributed by atoms with Crippen LogP contribution in [0.4, 0.5) is 0 Å². The van der Waals surface area contributed by atoms with Gasteiger partial charge in [-0.15, -0.1) is 0 Å². The molecule has 0 aliphatic carbocycles. The molecule has 0 fully saturated rings. The van der Waals surface area contributed by atoms with Crippen LogP contribution in [0.3, 0.4) is 0 Å². The highest BCUT2D eigenvalue weighted by Gasteiger charge is 2.12. The van der Waals surface area contributed by atoms with Crippen LogP contribution >= 0.6 is 12.6 Å². The molecular weight excluding hydrogens is 304 g/mol. The van der Waals surface area contributed by atoms with Crippen molar-refractivity contribution in [1.29, 1.82) is 0 Å². The lowest BCUT2D eigenvalue weighted by Gasteiger charge is -2.17. The lowest BCUT2D eigenvalue weighted by atomic mass is 10.1. The quantitative estimate of drug-likeness (QED) is 0.702. The summed E-state index contributed by atoms with van der Waals surface area (Å²) in [5, 5.41) is 2.53. The van der Waals surface area contributed by atoms with Gasteiger partial charge in [-0.1, -0.05) is 24.3 Å². The standard InChI is InChI=1S/C19H22N2OS/c1-3-21-17-7-5-4-6-15(17)16-12-14(8-9-18(16)21)13-20(2)19(22)10-11-23/h4-9,12,23H,3,10-11,13H2,1-2H3. The molecule has 3 aromatic rings. The summed E-state index contributed by atoms with van der Waals surface area (Å²) in [5.41, 5.74) is 3.68. The predicted molar refractivity (Wildman–Crippen MR) is 100 cm³/mol. The average molecular weight is 326 g/mol. The van der Waals surface area contributed by atoms with Gasteiger partial charge in [0.25, 0.3) is 0 Å². The number of thiol groups is 1. The Labute approximate surface area is 142 Å². The van der Waals surface area contributed by atoms with Crippen LogP contribution < -0.4 is 0 Å². The van der Waals surface area contributed by atoms with E-state index in [1.54, 1.807) is 4.90 Å². The third-order valence-electron chi connectivity index (χ3n) is 4.32. The zero-order valence-corrected chi connectivity index (χ0v) is 14.5. The number of amides is 1. The molecule has 23 heavy (non-hydrogen) atoms. The van der Waals surface area contributed by atoms with Crippen molar-refractivity contribution in [3.8, 4) is 0 Å². The summed E-state index contributed by atoms with van der Waals surface area (Å²) in [6.07, 6.45) is 0.483. The van der Waals surface area contributed by atoms with Gasteiger partial charge in [-0.2, -0.15) is 12.6 Å². The van der Waals surface area contributed by atoms with Crippen LogP contribution in [-0.2, 0) is 17.9 Å². The highest BCUT2D eigenvalue weighted by Crippen LogP contribution is 2.29. The third kappa shape index (κ3) is 2.95. The van der Waals surface area contributed by atoms with Crippen molar-refractivity contribution in [2.75, 3.05) is 12.8 Å². The van der Waals surface area contributed by atoms with Gasteiger partial charge in [-0.3, -0.25) is 4.79 Å². The van der Waals surface area contributed by atoms with Gasteiger partial charge < -0.3 is 9.47 Å². The van der Waals surface area contributed by atoms with E-state index in [0.717, 1.165) is 12.1 Å². The summed E-state index contributed by atoms with van der Waals surface area (Å²) in [4.78, 5) is 13.7. The Morgan fingerprint density at radius 2 is 1.87 bits per heavy atom. The molecule has 3 rings (SSSR count). The van der Waals surface area contributed by atoms with Crippen molar-refractivity contribution in [2.45, 2.75) is 26.4 Å². The number of carbonyl (C=O) groups excluding carboxylic acids is 1. The summed E-state index contributed by atoms with van der Waals surface area (Å²) in [7, 11) is 1.85. The van der Waals surface area contributed by atoms with Gasteiger partial charge in [0.15, 0.2) is 0 Å². The minimum Gasteiger partial charge on any atom is -0.341 e. The number of fused-ring (bicyclic) bond motifs is 3. The molecule has 0 bridgehead atoms. The van der Waals surface area contributed by atoms with Crippen molar-refractivity contribution < 1.29 is 4.79 Å². The molecule has 0 aliphatic rings. The Bertz CT molecular complexity index is 853. The van der Waals surface area contributed by atoms with Crippen molar-refractivity contribution in [3.63, 3.8) is 0 Å². The van der Waals surface area contributed by atoms with Gasteiger partial charge in [0, 0.05) is 48.4 Å². The molecule has 0 unspecified atom stereocenters. The molecule has 1 amide bonds. The number of carbonyl (C=O) groups is 1. The Morgan fingerprint density at radius 1 is 1.13 bits per heavy atom. The molecule has 0 atom stereocenters. The summed E-state index contributed by atoms with van der Waals surface area (Å²) < 4.78 is 2.34. The van der Waals surface area contributed by atoms with Crippen LogP contribution in [-0.4, -0.2) is 28.2 Å². The molecule has 0 N–H and O–H groups in total. The SMILES string of the molecule is CCn1c2ccccc2c2cc(CN(C)C(=O)CCS)ccc21. The summed E-state index contributed by atoms with van der Waals surface area (Å²) >= 11 is 4.13. The average Bonchev–Trinajstić information content (AvgIpc) is 2.88. The molecule has 1 heterocycles. The van der Waals surface area contributed by atoms with Crippen molar-refractivity contribution in [3.05, 3.63) is 48.0 Å². The maximum Gasteiger partial charge on any atom is 0.223 e. The second-order valence-corrected chi connectivity index (χ2v) is 6.28. The molecule has 2 aromatic carbocycles. The van der Waals surface area contributed by atoms with E-state index in [2.05, 4.69) is 66.6 Å². The molecule has 120 valence electrons. The number of nitrogens with zero attached hydrogens (tertiary/aromatic N) is 2. The number of hydrogen-bond donors (Lipinski definition) is 1. The van der Waals surface area contributed by atoms with E-state index >= 15 is 0 Å². The van der Waals surface area contributed by atoms with E-state index in [-0.39, 0.29) is 5.91 Å². The zero-order chi connectivity index (χ0) is 16.4. The minimum absolute atomic E-state index is 0.135. The Balaban J connectivity index is 2.02. The van der Waals surface area contributed by atoms with Crippen LogP contribution in [0.5, 0.6) is 0 Å². The number of hydrogen-bond acceptors (Lipinski definition) is 2. The first-order valence-electron chi connectivity index (χ1n) is 8.00. The largest absolute Gasteiger partial charge is 0.341 e. The molecule has 1 aromatic heterocycles. The van der Waals surface area contributed by atoms with Gasteiger partial charge in [0.05, 0.1) is 0 Å². The minimum atomic E-state index is 0.135. The zero-order valence-electron chi connectivity index (χ0n) is 13.6. The lowest BCUT2D eigenvalue weighted by molar-refractivity contribution is -0.129. The van der Waals surface area contributed by atoms with E-state index in [0.29, 0.717) is 18.7 Å². The molecule has 3 nitrogen and oxygen atoms in total. The third-order valence-corrected chi connectivity index (χ3v) is 4.55. The van der Waals surface area contributed by atoms with E-state index in [9.17, 15) is 4.79 Å². The summed E-state index contributed by atoms with van der Waals surface area (Å²) in [5.74, 6) is 0.725. The van der Waals surface area contributed by atoms with Crippen LogP contribution in [0.2, 0.25) is 0 Å². The predicted octanol–water partition coefficient (Wildman–Crippen LogP) is 4.09. The molecule has 0 aliphatic heterocycles. The Kier molecular flexibility index (Phi) is 4.62. The molecule has 0 radical (unpaired) electrons. The van der Waals surface area contributed by atoms with E-state index in [1.165, 1.54) is 21.8 Å². The van der Waals surface area contributed by atoms with Crippen LogP contribution in [0.1, 0.15) is 18.9 Å². The van der Waals surface area contributed by atoms with E-state index < -0.39 is 0 Å². The first-order valence-corrected chi connectivity index (χ1v) is 8.63. The maximum atomic E-state index is 11.9. The number of rotatable bonds is 5. The van der Waals surface area contributed by atoms with E-state index in [4.69, 9.17) is 0 Å². The second kappa shape index (κ2) is 6.67. The fourth-order valence-electron chi connectivity index (χ4n) is 3.19. The van der Waals surface area contributed by atoms with Gasteiger partial charge in [0.1, 0.15) is 0 Å². The highest BCUT2D eigenvalue weighted by atomic mass is 32.1. The first-order chi connectivity index (χ1) is 11.2. The normalized spacial score (nSPS) is 11.3. The number of aromatic nitrogens is 1. The molecule has 0 saturated carbocycles. The number of aryl methyl sites for hydroxylation is 1. The van der Waals surface area contributed by atoms with Crippen molar-refractivity contribution >= 4 is 40.3 Å². The van der Waals surface area contributed by atoms with Crippen molar-refractivity contribution in [1.82, 2.24) is 9.47 Å². The first kappa shape index (κ1) is 15.9. The highest BCUT2D eigenvalue weighted by molar-refractivity contribution is 7.80. The van der Waals surface area contributed by atoms with Gasteiger partial charge in [-0.25, -0.2) is 0 Å². The maximum absolute atomic E-state index is 11.9. The van der Waals surface area contributed by atoms with Gasteiger partial charge in [-0.05, 0) is 36.4 Å². The van der Waals surface area contributed by atoms with Crippen LogP contribution in [0, 0.1) is 0 Å². The monoisotopic (exact) mass is 326 g/mol.